The summed E-state index contributed by atoms with van der Waals surface area (Å²) in [4.78, 5) is 23.8. The van der Waals surface area contributed by atoms with Gasteiger partial charge in [0.15, 0.2) is 0 Å². The van der Waals surface area contributed by atoms with Crippen LogP contribution in [0.15, 0.2) is 36.4 Å². The minimum absolute atomic E-state index is 0.269. The molecule has 0 saturated heterocycles. The van der Waals surface area contributed by atoms with Crippen molar-refractivity contribution in [3.05, 3.63) is 56.3 Å². The zero-order valence-electron chi connectivity index (χ0n) is 12.4. The second kappa shape index (κ2) is 7.09. The average Bonchev–Trinajstić information content (AvgIpc) is 2.84. The number of urea groups is 1. The lowest BCUT2D eigenvalue weighted by Crippen LogP contribution is -2.19. The topological polar surface area (TPSA) is 84.2 Å². The van der Waals surface area contributed by atoms with Crippen molar-refractivity contribution in [1.82, 2.24) is 0 Å². The van der Waals surface area contributed by atoms with Crippen molar-refractivity contribution in [3.8, 4) is 0 Å². The molecule has 0 aliphatic rings. The number of anilines is 2. The standard InChI is InChI=1S/C16H10Cl3N3O2S/c17-7-4-10(18)12-11(5-7)25-14(13(12)19)15(23)21-8-2-1-3-9(6-8)22-16(20)24/h1-6H,(H,21,23)(H3,20,22,24). The first-order valence-corrected chi connectivity index (χ1v) is 8.85. The number of hydrogen-bond donors (Lipinski definition) is 3. The van der Waals surface area contributed by atoms with Crippen molar-refractivity contribution in [1.29, 1.82) is 0 Å². The van der Waals surface area contributed by atoms with E-state index in [1.807, 2.05) is 0 Å². The molecule has 0 atom stereocenters. The van der Waals surface area contributed by atoms with E-state index in [-0.39, 0.29) is 5.02 Å². The van der Waals surface area contributed by atoms with Crippen LogP contribution in [0.4, 0.5) is 16.2 Å². The first-order valence-electron chi connectivity index (χ1n) is 6.90. The predicted molar refractivity (Wildman–Crippen MR) is 104 cm³/mol. The summed E-state index contributed by atoms with van der Waals surface area (Å²) < 4.78 is 0.719. The van der Waals surface area contributed by atoms with E-state index in [1.165, 1.54) is 11.3 Å². The maximum absolute atomic E-state index is 12.6. The van der Waals surface area contributed by atoms with Crippen LogP contribution in [0.1, 0.15) is 9.67 Å². The Morgan fingerprint density at radius 2 is 1.68 bits per heavy atom. The molecule has 0 saturated carbocycles. The summed E-state index contributed by atoms with van der Waals surface area (Å²) in [6.07, 6.45) is 0. The molecule has 3 aromatic rings. The molecular formula is C16H10Cl3N3O2S. The number of rotatable bonds is 3. The largest absolute Gasteiger partial charge is 0.351 e. The Morgan fingerprint density at radius 3 is 2.36 bits per heavy atom. The number of fused-ring (bicyclic) bond motifs is 1. The van der Waals surface area contributed by atoms with Crippen LogP contribution >= 0.6 is 46.1 Å². The zero-order chi connectivity index (χ0) is 18.1. The smallest absolute Gasteiger partial charge is 0.316 e. The van der Waals surface area contributed by atoms with E-state index in [0.29, 0.717) is 31.7 Å². The third-order valence-corrected chi connectivity index (χ3v) is 5.39. The highest BCUT2D eigenvalue weighted by Gasteiger charge is 2.20. The monoisotopic (exact) mass is 413 g/mol. The van der Waals surface area contributed by atoms with Crippen LogP contribution < -0.4 is 16.4 Å². The number of halogens is 3. The Labute approximate surface area is 161 Å². The minimum Gasteiger partial charge on any atom is -0.351 e. The summed E-state index contributed by atoms with van der Waals surface area (Å²) in [5.74, 6) is -0.394. The molecule has 0 radical (unpaired) electrons. The first kappa shape index (κ1) is 17.8. The molecule has 3 amide bonds. The molecule has 0 spiro atoms. The number of primary amides is 1. The lowest BCUT2D eigenvalue weighted by molar-refractivity contribution is 0.103. The molecule has 5 nitrogen and oxygen atoms in total. The highest BCUT2D eigenvalue weighted by Crippen LogP contribution is 2.41. The van der Waals surface area contributed by atoms with Gasteiger partial charge in [-0.1, -0.05) is 40.9 Å². The summed E-state index contributed by atoms with van der Waals surface area (Å²) >= 11 is 19.7. The van der Waals surface area contributed by atoms with E-state index in [9.17, 15) is 9.59 Å². The number of carbonyl (C=O) groups is 2. The Morgan fingerprint density at radius 1 is 1.00 bits per heavy atom. The summed E-state index contributed by atoms with van der Waals surface area (Å²) in [6, 6.07) is 9.15. The number of benzene rings is 2. The van der Waals surface area contributed by atoms with Crippen molar-refractivity contribution < 1.29 is 9.59 Å². The molecule has 9 heteroatoms. The van der Waals surface area contributed by atoms with Crippen LogP contribution in [0.3, 0.4) is 0 Å². The second-order valence-corrected chi connectivity index (χ2v) is 7.30. The minimum atomic E-state index is -0.692. The molecule has 1 aromatic heterocycles. The highest BCUT2D eigenvalue weighted by atomic mass is 35.5. The van der Waals surface area contributed by atoms with Crippen LogP contribution in [-0.4, -0.2) is 11.9 Å². The number of thiophene rings is 1. The fourth-order valence-electron chi connectivity index (χ4n) is 2.26. The van der Waals surface area contributed by atoms with Crippen LogP contribution in [0.25, 0.3) is 10.1 Å². The van der Waals surface area contributed by atoms with E-state index in [0.717, 1.165) is 4.70 Å². The molecule has 2 aromatic carbocycles. The van der Waals surface area contributed by atoms with Gasteiger partial charge in [-0.3, -0.25) is 4.79 Å². The SMILES string of the molecule is NC(=O)Nc1cccc(NC(=O)c2sc3cc(Cl)cc(Cl)c3c2Cl)c1. The Bertz CT molecular complexity index is 1000. The lowest BCUT2D eigenvalue weighted by Gasteiger charge is -2.07. The second-order valence-electron chi connectivity index (χ2n) is 5.03. The van der Waals surface area contributed by atoms with Gasteiger partial charge in [-0.05, 0) is 30.3 Å². The van der Waals surface area contributed by atoms with Gasteiger partial charge in [0, 0.05) is 26.5 Å². The van der Waals surface area contributed by atoms with E-state index in [1.54, 1.807) is 36.4 Å². The molecule has 0 bridgehead atoms. The molecule has 128 valence electrons. The van der Waals surface area contributed by atoms with E-state index in [2.05, 4.69) is 10.6 Å². The zero-order valence-corrected chi connectivity index (χ0v) is 15.5. The Balaban J connectivity index is 1.92. The number of hydrogen-bond acceptors (Lipinski definition) is 3. The highest BCUT2D eigenvalue weighted by molar-refractivity contribution is 7.21. The van der Waals surface area contributed by atoms with Crippen molar-refractivity contribution >= 4 is 79.5 Å². The average molecular weight is 415 g/mol. The number of nitrogens with two attached hydrogens (primary N) is 1. The molecule has 1 heterocycles. The maximum atomic E-state index is 12.6. The van der Waals surface area contributed by atoms with Gasteiger partial charge in [-0.2, -0.15) is 0 Å². The molecule has 4 N–H and O–H groups in total. The normalized spacial score (nSPS) is 10.7. The third kappa shape index (κ3) is 3.82. The number of nitrogens with one attached hydrogen (secondary N) is 2. The summed E-state index contributed by atoms with van der Waals surface area (Å²) in [7, 11) is 0. The van der Waals surface area contributed by atoms with Crippen molar-refractivity contribution in [2.45, 2.75) is 0 Å². The van der Waals surface area contributed by atoms with Gasteiger partial charge in [-0.25, -0.2) is 4.79 Å². The summed E-state index contributed by atoms with van der Waals surface area (Å²) in [6.45, 7) is 0. The number of amides is 3. The van der Waals surface area contributed by atoms with Gasteiger partial charge in [0.05, 0.1) is 10.0 Å². The predicted octanol–water partition coefficient (Wildman–Crippen LogP) is 5.60. The lowest BCUT2D eigenvalue weighted by atomic mass is 10.2. The molecule has 0 aliphatic carbocycles. The third-order valence-electron chi connectivity index (χ3n) is 3.24. The van der Waals surface area contributed by atoms with E-state index in [4.69, 9.17) is 40.5 Å². The summed E-state index contributed by atoms with van der Waals surface area (Å²) in [5.41, 5.74) is 6.02. The fourth-order valence-corrected chi connectivity index (χ4v) is 4.54. The number of carbonyl (C=O) groups excluding carboxylic acids is 2. The molecule has 25 heavy (non-hydrogen) atoms. The molecular weight excluding hydrogens is 405 g/mol. The van der Waals surface area contributed by atoms with Gasteiger partial charge in [0.25, 0.3) is 5.91 Å². The van der Waals surface area contributed by atoms with Crippen molar-refractivity contribution in [2.24, 2.45) is 5.73 Å². The Hall–Kier alpha value is -1.99. The van der Waals surface area contributed by atoms with Crippen molar-refractivity contribution in [3.63, 3.8) is 0 Å². The van der Waals surface area contributed by atoms with Crippen LogP contribution in [0.2, 0.25) is 15.1 Å². The van der Waals surface area contributed by atoms with Gasteiger partial charge < -0.3 is 16.4 Å². The van der Waals surface area contributed by atoms with Gasteiger partial charge in [0.1, 0.15) is 4.88 Å². The van der Waals surface area contributed by atoms with Gasteiger partial charge >= 0.3 is 6.03 Å². The molecule has 3 rings (SSSR count). The van der Waals surface area contributed by atoms with Crippen LogP contribution in [0, 0.1) is 0 Å². The quantitative estimate of drug-likeness (QED) is 0.521. The van der Waals surface area contributed by atoms with Crippen LogP contribution in [-0.2, 0) is 0 Å². The van der Waals surface area contributed by atoms with E-state index >= 15 is 0 Å². The summed E-state index contributed by atoms with van der Waals surface area (Å²) in [5, 5.41) is 6.87. The molecule has 0 fully saturated rings. The molecule has 0 unspecified atom stereocenters. The van der Waals surface area contributed by atoms with Gasteiger partial charge in [0.2, 0.25) is 0 Å². The first-order chi connectivity index (χ1) is 11.8. The molecule has 0 aliphatic heterocycles. The fraction of sp³-hybridized carbons (Fsp3) is 0. The Kier molecular flexibility index (Phi) is 5.06. The van der Waals surface area contributed by atoms with E-state index < -0.39 is 11.9 Å². The van der Waals surface area contributed by atoms with Crippen LogP contribution in [0.5, 0.6) is 0 Å². The maximum Gasteiger partial charge on any atom is 0.316 e. The van der Waals surface area contributed by atoms with Gasteiger partial charge in [-0.15, -0.1) is 11.3 Å². The van der Waals surface area contributed by atoms with Crippen molar-refractivity contribution in [2.75, 3.05) is 10.6 Å².